The number of hydrogen-bond donors (Lipinski definition) is 0. The molecule has 2 aromatic heterocycles. The van der Waals surface area contributed by atoms with Gasteiger partial charge in [-0.1, -0.05) is 97.1 Å². The van der Waals surface area contributed by atoms with E-state index < -0.39 is 0 Å². The number of benzene rings is 4. The third-order valence-electron chi connectivity index (χ3n) is 7.81. The van der Waals surface area contributed by atoms with Crippen LogP contribution in [0.15, 0.2) is 108 Å². The van der Waals surface area contributed by atoms with Gasteiger partial charge < -0.3 is 4.42 Å². The smallest absolute Gasteiger partial charge is 0.167 e. The van der Waals surface area contributed by atoms with Crippen LogP contribution in [0, 0.1) is 0 Å². The predicted molar refractivity (Wildman–Crippen MR) is 158 cm³/mol. The molecule has 0 spiro atoms. The van der Waals surface area contributed by atoms with Crippen molar-refractivity contribution in [2.75, 3.05) is 0 Å². The van der Waals surface area contributed by atoms with E-state index in [9.17, 15) is 0 Å². The molecule has 0 saturated heterocycles. The Morgan fingerprint density at radius 2 is 1.41 bits per heavy atom. The van der Waals surface area contributed by atoms with Crippen LogP contribution in [0.3, 0.4) is 0 Å². The highest BCUT2D eigenvalue weighted by molar-refractivity contribution is 6.21. The lowest BCUT2D eigenvalue weighted by Gasteiger charge is -2.15. The lowest BCUT2D eigenvalue weighted by Crippen LogP contribution is -2.08. The molecule has 2 aliphatic carbocycles. The number of allylic oxidation sites excluding steroid dienone is 5. The second-order valence-electron chi connectivity index (χ2n) is 10.2. The molecule has 0 radical (unpaired) electrons. The third kappa shape index (κ3) is 3.63. The Balaban J connectivity index is 1.36. The van der Waals surface area contributed by atoms with Gasteiger partial charge in [0.1, 0.15) is 11.3 Å². The minimum Gasteiger partial charge on any atom is -0.456 e. The van der Waals surface area contributed by atoms with E-state index in [2.05, 4.69) is 72.8 Å². The summed E-state index contributed by atoms with van der Waals surface area (Å²) < 4.78 is 6.65. The van der Waals surface area contributed by atoms with Crippen LogP contribution in [0.2, 0.25) is 0 Å². The summed E-state index contributed by atoms with van der Waals surface area (Å²) in [6.07, 6.45) is 12.6. The Morgan fingerprint density at radius 3 is 2.31 bits per heavy atom. The van der Waals surface area contributed by atoms with Crippen LogP contribution in [0.1, 0.15) is 42.2 Å². The van der Waals surface area contributed by atoms with Gasteiger partial charge in [0.2, 0.25) is 0 Å². The molecule has 4 nitrogen and oxygen atoms in total. The van der Waals surface area contributed by atoms with Crippen molar-refractivity contribution in [3.05, 3.63) is 126 Å². The SMILES string of the molecule is C1=CC(c2nc(C3=CCCc4c3oc3ccc5ccc6ccccc6c5c43)nc(-c3ccccc3)n2)=CCC1. The summed E-state index contributed by atoms with van der Waals surface area (Å²) in [5.74, 6) is 2.92. The maximum atomic E-state index is 6.65. The molecule has 2 heterocycles. The highest BCUT2D eigenvalue weighted by atomic mass is 16.3. The molecule has 0 N–H and O–H groups in total. The standard InChI is InChI=1S/C35H25N3O/c1-3-11-24(12-4-1)33-36-34(25-13-5-2-6-14-25)38-35(37-33)28-17-9-16-27-31-29(39-32(27)28)21-20-23-19-18-22-10-7-8-15-26(22)30(23)31/h1,3-5,7-8,10-15,17-21H,2,6,9,16H2. The first-order valence-corrected chi connectivity index (χ1v) is 13.6. The Hall–Kier alpha value is -4.83. The molecule has 39 heavy (non-hydrogen) atoms. The van der Waals surface area contributed by atoms with Gasteiger partial charge in [0.05, 0.1) is 5.57 Å². The fourth-order valence-electron chi connectivity index (χ4n) is 5.97. The zero-order chi connectivity index (χ0) is 25.8. The van der Waals surface area contributed by atoms with E-state index in [-0.39, 0.29) is 0 Å². The maximum absolute atomic E-state index is 6.65. The molecule has 8 rings (SSSR count). The van der Waals surface area contributed by atoms with Gasteiger partial charge in [-0.05, 0) is 47.9 Å². The molecule has 0 fully saturated rings. The maximum Gasteiger partial charge on any atom is 0.167 e. The highest BCUT2D eigenvalue weighted by Gasteiger charge is 2.26. The van der Waals surface area contributed by atoms with Crippen LogP contribution in [0.5, 0.6) is 0 Å². The lowest BCUT2D eigenvalue weighted by atomic mass is 9.91. The zero-order valence-electron chi connectivity index (χ0n) is 21.4. The van der Waals surface area contributed by atoms with Gasteiger partial charge in [-0.2, -0.15) is 0 Å². The summed E-state index contributed by atoms with van der Waals surface area (Å²) in [4.78, 5) is 14.9. The first-order chi connectivity index (χ1) is 19.3. The van der Waals surface area contributed by atoms with E-state index in [4.69, 9.17) is 19.4 Å². The molecule has 6 aromatic rings. The summed E-state index contributed by atoms with van der Waals surface area (Å²) in [5, 5.41) is 6.19. The summed E-state index contributed by atoms with van der Waals surface area (Å²) >= 11 is 0. The Kier molecular flexibility index (Phi) is 5.05. The molecular weight excluding hydrogens is 478 g/mol. The van der Waals surface area contributed by atoms with Gasteiger partial charge in [0, 0.05) is 27.5 Å². The van der Waals surface area contributed by atoms with Crippen molar-refractivity contribution in [2.45, 2.75) is 25.7 Å². The van der Waals surface area contributed by atoms with E-state index in [0.717, 1.165) is 53.7 Å². The molecule has 0 unspecified atom stereocenters. The van der Waals surface area contributed by atoms with Gasteiger partial charge >= 0.3 is 0 Å². The second-order valence-corrected chi connectivity index (χ2v) is 10.2. The quantitative estimate of drug-likeness (QED) is 0.227. The largest absolute Gasteiger partial charge is 0.456 e. The van der Waals surface area contributed by atoms with Crippen LogP contribution in [0.4, 0.5) is 0 Å². The predicted octanol–water partition coefficient (Wildman–Crippen LogP) is 8.70. The fourth-order valence-corrected chi connectivity index (χ4v) is 5.97. The second kappa shape index (κ2) is 8.88. The topological polar surface area (TPSA) is 51.8 Å². The molecule has 4 aromatic carbocycles. The third-order valence-corrected chi connectivity index (χ3v) is 7.81. The monoisotopic (exact) mass is 503 g/mol. The molecule has 186 valence electrons. The van der Waals surface area contributed by atoms with Crippen molar-refractivity contribution in [1.29, 1.82) is 0 Å². The van der Waals surface area contributed by atoms with Crippen LogP contribution in [-0.2, 0) is 6.42 Å². The summed E-state index contributed by atoms with van der Waals surface area (Å²) in [7, 11) is 0. The average Bonchev–Trinajstić information content (AvgIpc) is 3.41. The van der Waals surface area contributed by atoms with E-state index in [1.807, 2.05) is 30.3 Å². The van der Waals surface area contributed by atoms with E-state index in [1.165, 1.54) is 32.5 Å². The Labute approximate surface area is 226 Å². The number of aryl methyl sites for hydroxylation is 1. The van der Waals surface area contributed by atoms with Crippen LogP contribution in [-0.4, -0.2) is 15.0 Å². The highest BCUT2D eigenvalue weighted by Crippen LogP contribution is 2.42. The molecular formula is C35H25N3O. The first-order valence-electron chi connectivity index (χ1n) is 13.6. The summed E-state index contributed by atoms with van der Waals surface area (Å²) in [6, 6.07) is 27.4. The van der Waals surface area contributed by atoms with Crippen molar-refractivity contribution in [3.63, 3.8) is 0 Å². The molecule has 0 bridgehead atoms. The number of rotatable bonds is 3. The van der Waals surface area contributed by atoms with Crippen molar-refractivity contribution in [1.82, 2.24) is 15.0 Å². The fraction of sp³-hybridized carbons (Fsp3) is 0.114. The minimum atomic E-state index is 0.660. The normalized spacial score (nSPS) is 15.0. The molecule has 0 aliphatic heterocycles. The van der Waals surface area contributed by atoms with Gasteiger partial charge in [0.15, 0.2) is 17.5 Å². The van der Waals surface area contributed by atoms with Gasteiger partial charge in [-0.25, -0.2) is 15.0 Å². The number of furan rings is 1. The van der Waals surface area contributed by atoms with Crippen molar-refractivity contribution < 1.29 is 4.42 Å². The summed E-state index contributed by atoms with van der Waals surface area (Å²) in [5.41, 5.74) is 5.11. The number of fused-ring (bicyclic) bond motifs is 7. The number of hydrogen-bond acceptors (Lipinski definition) is 4. The van der Waals surface area contributed by atoms with Crippen LogP contribution < -0.4 is 0 Å². The van der Waals surface area contributed by atoms with Crippen molar-refractivity contribution >= 4 is 43.7 Å². The number of nitrogens with zero attached hydrogens (tertiary/aromatic N) is 3. The van der Waals surface area contributed by atoms with Crippen molar-refractivity contribution in [2.24, 2.45) is 0 Å². The minimum absolute atomic E-state index is 0.660. The Bertz CT molecular complexity index is 2010. The van der Waals surface area contributed by atoms with E-state index in [1.54, 1.807) is 0 Å². The van der Waals surface area contributed by atoms with Gasteiger partial charge in [-0.3, -0.25) is 0 Å². The number of aromatic nitrogens is 3. The molecule has 0 atom stereocenters. The average molecular weight is 504 g/mol. The van der Waals surface area contributed by atoms with Crippen molar-refractivity contribution in [3.8, 4) is 11.4 Å². The van der Waals surface area contributed by atoms with E-state index >= 15 is 0 Å². The Morgan fingerprint density at radius 1 is 0.615 bits per heavy atom. The van der Waals surface area contributed by atoms with E-state index in [0.29, 0.717) is 17.5 Å². The van der Waals surface area contributed by atoms with Gasteiger partial charge in [-0.15, -0.1) is 0 Å². The molecule has 2 aliphatic rings. The molecule has 0 saturated carbocycles. The first kappa shape index (κ1) is 22.2. The van der Waals surface area contributed by atoms with Gasteiger partial charge in [0.25, 0.3) is 0 Å². The zero-order valence-corrected chi connectivity index (χ0v) is 21.4. The lowest BCUT2D eigenvalue weighted by molar-refractivity contribution is 0.590. The summed E-state index contributed by atoms with van der Waals surface area (Å²) in [6.45, 7) is 0. The molecule has 0 amide bonds. The van der Waals surface area contributed by atoms with Crippen LogP contribution in [0.25, 0.3) is 55.0 Å². The van der Waals surface area contributed by atoms with Crippen LogP contribution >= 0.6 is 0 Å². The molecule has 4 heteroatoms.